The summed E-state index contributed by atoms with van der Waals surface area (Å²) in [6.07, 6.45) is 1.20. The van der Waals surface area contributed by atoms with Gasteiger partial charge in [-0.3, -0.25) is 11.3 Å². The van der Waals surface area contributed by atoms with Gasteiger partial charge in [0.1, 0.15) is 9.84 Å². The molecule has 0 amide bonds. The van der Waals surface area contributed by atoms with Crippen LogP contribution in [-0.4, -0.2) is 20.4 Å². The number of thiophene rings is 1. The highest BCUT2D eigenvalue weighted by molar-refractivity contribution is 7.90. The van der Waals surface area contributed by atoms with E-state index in [0.717, 1.165) is 5.56 Å². The molecule has 4 nitrogen and oxygen atoms in total. The van der Waals surface area contributed by atoms with Gasteiger partial charge in [-0.2, -0.15) is 11.3 Å². The van der Waals surface area contributed by atoms with Crippen molar-refractivity contribution in [1.82, 2.24) is 5.43 Å². The van der Waals surface area contributed by atoms with Crippen molar-refractivity contribution in [2.75, 3.05) is 12.0 Å². The molecule has 1 unspecified atom stereocenters. The normalized spacial score (nSPS) is 14.3. The van der Waals surface area contributed by atoms with Crippen LogP contribution in [0.15, 0.2) is 16.8 Å². The van der Waals surface area contributed by atoms with Gasteiger partial charge in [-0.15, -0.1) is 0 Å². The Labute approximate surface area is 81.7 Å². The van der Waals surface area contributed by atoms with Gasteiger partial charge in [-0.05, 0) is 22.4 Å². The maximum absolute atomic E-state index is 11.0. The molecule has 0 aromatic carbocycles. The van der Waals surface area contributed by atoms with E-state index in [1.807, 2.05) is 16.8 Å². The van der Waals surface area contributed by atoms with Crippen molar-refractivity contribution in [3.8, 4) is 0 Å². The van der Waals surface area contributed by atoms with Gasteiger partial charge in [0.05, 0.1) is 11.8 Å². The molecule has 1 rings (SSSR count). The topological polar surface area (TPSA) is 72.2 Å². The highest BCUT2D eigenvalue weighted by atomic mass is 32.2. The molecule has 0 spiro atoms. The Morgan fingerprint density at radius 1 is 1.69 bits per heavy atom. The van der Waals surface area contributed by atoms with Gasteiger partial charge in [-0.1, -0.05) is 0 Å². The van der Waals surface area contributed by atoms with Gasteiger partial charge in [0, 0.05) is 6.26 Å². The highest BCUT2D eigenvalue weighted by Gasteiger charge is 2.15. The maximum atomic E-state index is 11.0. The molecular weight excluding hydrogens is 208 g/mol. The van der Waals surface area contributed by atoms with Crippen LogP contribution >= 0.6 is 11.3 Å². The number of sulfone groups is 1. The predicted molar refractivity (Wildman–Crippen MR) is 54.1 cm³/mol. The zero-order valence-corrected chi connectivity index (χ0v) is 8.86. The van der Waals surface area contributed by atoms with Gasteiger partial charge in [0.2, 0.25) is 0 Å². The minimum absolute atomic E-state index is 0.0280. The molecule has 1 heterocycles. The summed E-state index contributed by atoms with van der Waals surface area (Å²) in [6, 6.07) is 1.56. The van der Waals surface area contributed by atoms with Crippen LogP contribution in [0.25, 0.3) is 0 Å². The van der Waals surface area contributed by atoms with Crippen molar-refractivity contribution in [3.05, 3.63) is 22.4 Å². The van der Waals surface area contributed by atoms with Gasteiger partial charge in [-0.25, -0.2) is 8.42 Å². The van der Waals surface area contributed by atoms with Gasteiger partial charge in [0.15, 0.2) is 0 Å². The fourth-order valence-corrected chi connectivity index (χ4v) is 2.62. The summed E-state index contributed by atoms with van der Waals surface area (Å²) < 4.78 is 22.0. The average molecular weight is 220 g/mol. The van der Waals surface area contributed by atoms with E-state index in [1.54, 1.807) is 0 Å². The Morgan fingerprint density at radius 2 is 2.38 bits per heavy atom. The van der Waals surface area contributed by atoms with Crippen LogP contribution in [0.5, 0.6) is 0 Å². The van der Waals surface area contributed by atoms with Crippen LogP contribution in [0.2, 0.25) is 0 Å². The van der Waals surface area contributed by atoms with E-state index in [0.29, 0.717) is 0 Å². The van der Waals surface area contributed by atoms with Crippen LogP contribution in [-0.2, 0) is 9.84 Å². The molecule has 74 valence electrons. The van der Waals surface area contributed by atoms with Crippen molar-refractivity contribution >= 4 is 21.2 Å². The van der Waals surface area contributed by atoms with Crippen molar-refractivity contribution in [3.63, 3.8) is 0 Å². The Morgan fingerprint density at radius 3 is 2.77 bits per heavy atom. The summed E-state index contributed by atoms with van der Waals surface area (Å²) in [4.78, 5) is 0. The molecule has 6 heteroatoms. The molecule has 1 aromatic heterocycles. The van der Waals surface area contributed by atoms with Crippen LogP contribution in [0.4, 0.5) is 0 Å². The molecule has 0 saturated heterocycles. The molecule has 0 aliphatic carbocycles. The molecule has 0 radical (unpaired) electrons. The number of nitrogens with one attached hydrogen (secondary N) is 1. The van der Waals surface area contributed by atoms with E-state index in [-0.39, 0.29) is 11.8 Å². The fourth-order valence-electron chi connectivity index (χ4n) is 1.02. The molecule has 13 heavy (non-hydrogen) atoms. The SMILES string of the molecule is CS(=O)(=O)CC(NN)c1ccsc1. The summed E-state index contributed by atoms with van der Waals surface area (Å²) in [5.41, 5.74) is 3.40. The quantitative estimate of drug-likeness (QED) is 0.565. The lowest BCUT2D eigenvalue weighted by atomic mass is 10.2. The van der Waals surface area contributed by atoms with Crippen molar-refractivity contribution in [1.29, 1.82) is 0 Å². The summed E-state index contributed by atoms with van der Waals surface area (Å²) in [6.45, 7) is 0. The van der Waals surface area contributed by atoms with Crippen LogP contribution < -0.4 is 11.3 Å². The molecule has 0 fully saturated rings. The molecule has 0 bridgehead atoms. The molecule has 3 N–H and O–H groups in total. The summed E-state index contributed by atoms with van der Waals surface area (Å²) in [7, 11) is -3.00. The van der Waals surface area contributed by atoms with Crippen molar-refractivity contribution < 1.29 is 8.42 Å². The third-order valence-corrected chi connectivity index (χ3v) is 3.26. The van der Waals surface area contributed by atoms with E-state index in [4.69, 9.17) is 5.84 Å². The molecular formula is C7H12N2O2S2. The zero-order chi connectivity index (χ0) is 9.90. The summed E-state index contributed by atoms with van der Waals surface area (Å²) in [5.74, 6) is 5.29. The van der Waals surface area contributed by atoms with Crippen molar-refractivity contribution in [2.24, 2.45) is 5.84 Å². The first kappa shape index (κ1) is 10.6. The monoisotopic (exact) mass is 220 g/mol. The lowest BCUT2D eigenvalue weighted by molar-refractivity contribution is 0.565. The number of hydrazine groups is 1. The van der Waals surface area contributed by atoms with E-state index in [1.165, 1.54) is 17.6 Å². The minimum atomic E-state index is -3.00. The van der Waals surface area contributed by atoms with E-state index >= 15 is 0 Å². The second-order valence-corrected chi connectivity index (χ2v) is 5.83. The predicted octanol–water partition coefficient (Wildman–Crippen LogP) is 0.297. The fraction of sp³-hybridized carbons (Fsp3) is 0.429. The van der Waals surface area contributed by atoms with Gasteiger partial charge in [0.25, 0.3) is 0 Å². The first-order valence-electron chi connectivity index (χ1n) is 3.69. The molecule has 0 aliphatic heterocycles. The third-order valence-electron chi connectivity index (χ3n) is 1.62. The smallest absolute Gasteiger partial charge is 0.149 e. The lowest BCUT2D eigenvalue weighted by Gasteiger charge is -2.12. The second kappa shape index (κ2) is 4.19. The number of rotatable bonds is 4. The molecule has 0 saturated carbocycles. The second-order valence-electron chi connectivity index (χ2n) is 2.87. The number of nitrogens with two attached hydrogens (primary N) is 1. The standard InChI is InChI=1S/C7H12N2O2S2/c1-13(10,11)5-7(9-8)6-2-3-12-4-6/h2-4,7,9H,5,8H2,1H3. The van der Waals surface area contributed by atoms with Gasteiger partial charge >= 0.3 is 0 Å². The van der Waals surface area contributed by atoms with Gasteiger partial charge < -0.3 is 0 Å². The first-order valence-corrected chi connectivity index (χ1v) is 6.69. The Hall–Kier alpha value is -0.430. The van der Waals surface area contributed by atoms with Crippen LogP contribution in [0, 0.1) is 0 Å². The molecule has 0 aliphatic rings. The van der Waals surface area contributed by atoms with Crippen LogP contribution in [0.1, 0.15) is 11.6 Å². The molecule has 1 atom stereocenters. The third kappa shape index (κ3) is 3.43. The first-order chi connectivity index (χ1) is 6.03. The van der Waals surface area contributed by atoms with Crippen LogP contribution in [0.3, 0.4) is 0 Å². The summed E-state index contributed by atoms with van der Waals surface area (Å²) in [5, 5.41) is 3.78. The van der Waals surface area contributed by atoms with E-state index < -0.39 is 9.84 Å². The average Bonchev–Trinajstić information content (AvgIpc) is 2.50. The summed E-state index contributed by atoms with van der Waals surface area (Å²) >= 11 is 1.52. The maximum Gasteiger partial charge on any atom is 0.149 e. The number of hydrogen-bond donors (Lipinski definition) is 2. The minimum Gasteiger partial charge on any atom is -0.271 e. The van der Waals surface area contributed by atoms with E-state index in [9.17, 15) is 8.42 Å². The Balaban J connectivity index is 2.76. The van der Waals surface area contributed by atoms with Crippen molar-refractivity contribution in [2.45, 2.75) is 6.04 Å². The highest BCUT2D eigenvalue weighted by Crippen LogP contribution is 2.16. The number of hydrogen-bond acceptors (Lipinski definition) is 5. The Kier molecular flexibility index (Phi) is 3.43. The van der Waals surface area contributed by atoms with E-state index in [2.05, 4.69) is 5.43 Å². The zero-order valence-electron chi connectivity index (χ0n) is 7.23. The largest absolute Gasteiger partial charge is 0.271 e. The lowest BCUT2D eigenvalue weighted by Crippen LogP contribution is -2.32. The molecule has 1 aromatic rings. The Bertz CT molecular complexity index is 345.